The highest BCUT2D eigenvalue weighted by atomic mass is 16.5. The van der Waals surface area contributed by atoms with Crippen LogP contribution in [0.1, 0.15) is 37.5 Å². The number of fused-ring (bicyclic) bond motifs is 2. The van der Waals surface area contributed by atoms with Crippen LogP contribution >= 0.6 is 0 Å². The van der Waals surface area contributed by atoms with Crippen molar-refractivity contribution in [3.8, 4) is 0 Å². The summed E-state index contributed by atoms with van der Waals surface area (Å²) in [6.07, 6.45) is 6.60. The second kappa shape index (κ2) is 4.33. The molecule has 2 heterocycles. The van der Waals surface area contributed by atoms with Crippen LogP contribution in [-0.4, -0.2) is 30.4 Å². The largest absolute Gasteiger partial charge is 0.467 e. The number of rotatable bonds is 4. The number of ether oxygens (including phenoxy) is 1. The first-order valence-corrected chi connectivity index (χ1v) is 7.38. The first-order chi connectivity index (χ1) is 9.31. The highest BCUT2D eigenvalue weighted by molar-refractivity contribution is 5.18. The molecule has 104 valence electrons. The third-order valence-electron chi connectivity index (χ3n) is 5.44. The van der Waals surface area contributed by atoms with E-state index in [-0.39, 0.29) is 0 Å². The van der Waals surface area contributed by atoms with E-state index in [1.807, 2.05) is 12.1 Å². The highest BCUT2D eigenvalue weighted by Gasteiger charge is 2.66. The molecule has 1 aromatic heterocycles. The van der Waals surface area contributed by atoms with E-state index < -0.39 is 6.10 Å². The maximum Gasteiger partial charge on any atom is 0.133 e. The second-order valence-corrected chi connectivity index (χ2v) is 6.25. The average molecular weight is 263 g/mol. The summed E-state index contributed by atoms with van der Waals surface area (Å²) in [6, 6.07) is 4.17. The molecule has 0 amide bonds. The summed E-state index contributed by atoms with van der Waals surface area (Å²) in [4.78, 5) is 0. The topological polar surface area (TPSA) is 54.6 Å². The zero-order chi connectivity index (χ0) is 12.9. The smallest absolute Gasteiger partial charge is 0.133 e. The van der Waals surface area contributed by atoms with E-state index in [0.29, 0.717) is 35.8 Å². The standard InChI is InChI=1S/C15H21NO3/c17-11(12-3-1-7-18-12)9-16-13-10-4-8-19-14(10)15(13)5-2-6-15/h1,3,7,10-11,13-14,16-17H,2,4-6,8-9H2/t10-,11+,13-,14-/m1/s1. The van der Waals surface area contributed by atoms with Crippen molar-refractivity contribution in [1.29, 1.82) is 0 Å². The number of aliphatic hydroxyl groups excluding tert-OH is 1. The molecule has 1 spiro atoms. The monoisotopic (exact) mass is 263 g/mol. The fourth-order valence-electron chi connectivity index (χ4n) is 4.38. The van der Waals surface area contributed by atoms with Gasteiger partial charge in [-0.2, -0.15) is 0 Å². The molecule has 0 radical (unpaired) electrons. The molecule has 4 atom stereocenters. The molecular formula is C15H21NO3. The van der Waals surface area contributed by atoms with Crippen LogP contribution in [0.25, 0.3) is 0 Å². The van der Waals surface area contributed by atoms with Gasteiger partial charge in [-0.25, -0.2) is 0 Å². The van der Waals surface area contributed by atoms with Crippen molar-refractivity contribution in [2.45, 2.75) is 43.9 Å². The molecule has 0 unspecified atom stereocenters. The predicted octanol–water partition coefficient (Wildman–Crippen LogP) is 1.86. The number of hydrogen-bond donors (Lipinski definition) is 2. The number of aliphatic hydroxyl groups is 1. The third-order valence-corrected chi connectivity index (χ3v) is 5.44. The molecule has 2 N–H and O–H groups in total. The van der Waals surface area contributed by atoms with Crippen LogP contribution in [0, 0.1) is 11.3 Å². The van der Waals surface area contributed by atoms with Crippen LogP contribution in [0.2, 0.25) is 0 Å². The van der Waals surface area contributed by atoms with Crippen molar-refractivity contribution in [2.75, 3.05) is 13.2 Å². The van der Waals surface area contributed by atoms with E-state index in [4.69, 9.17) is 9.15 Å². The van der Waals surface area contributed by atoms with Crippen LogP contribution in [0.4, 0.5) is 0 Å². The van der Waals surface area contributed by atoms with Gasteiger partial charge in [-0.1, -0.05) is 6.42 Å². The van der Waals surface area contributed by atoms with Crippen molar-refractivity contribution >= 4 is 0 Å². The lowest BCUT2D eigenvalue weighted by Gasteiger charge is -2.63. The predicted molar refractivity (Wildman–Crippen MR) is 69.6 cm³/mol. The summed E-state index contributed by atoms with van der Waals surface area (Å²) in [6.45, 7) is 1.49. The molecule has 3 aliphatic rings. The SMILES string of the molecule is O[C@@H](CN[C@@H]1[C@H]2CCO[C@H]2C12CCC2)c1ccco1. The van der Waals surface area contributed by atoms with E-state index in [1.54, 1.807) is 6.26 Å². The van der Waals surface area contributed by atoms with Gasteiger partial charge in [-0.05, 0) is 31.4 Å². The van der Waals surface area contributed by atoms with Crippen molar-refractivity contribution in [2.24, 2.45) is 11.3 Å². The molecule has 4 nitrogen and oxygen atoms in total. The summed E-state index contributed by atoms with van der Waals surface area (Å²) in [5, 5.41) is 13.7. The summed E-state index contributed by atoms with van der Waals surface area (Å²) in [5.74, 6) is 1.30. The van der Waals surface area contributed by atoms with Gasteiger partial charge >= 0.3 is 0 Å². The van der Waals surface area contributed by atoms with Gasteiger partial charge in [0.1, 0.15) is 11.9 Å². The average Bonchev–Trinajstić information content (AvgIpc) is 2.97. The Kier molecular flexibility index (Phi) is 2.72. The molecule has 1 aromatic rings. The van der Waals surface area contributed by atoms with E-state index in [1.165, 1.54) is 25.7 Å². The Hall–Kier alpha value is -0.840. The van der Waals surface area contributed by atoms with Gasteiger partial charge < -0.3 is 19.6 Å². The van der Waals surface area contributed by atoms with Crippen molar-refractivity contribution in [1.82, 2.24) is 5.32 Å². The van der Waals surface area contributed by atoms with E-state index in [0.717, 1.165) is 6.61 Å². The fourth-order valence-corrected chi connectivity index (χ4v) is 4.38. The molecular weight excluding hydrogens is 242 g/mol. The first-order valence-electron chi connectivity index (χ1n) is 7.38. The van der Waals surface area contributed by atoms with Gasteiger partial charge in [-0.3, -0.25) is 0 Å². The molecule has 0 bridgehead atoms. The lowest BCUT2D eigenvalue weighted by molar-refractivity contribution is -0.177. The molecule has 2 saturated carbocycles. The van der Waals surface area contributed by atoms with Crippen LogP contribution < -0.4 is 5.32 Å². The lowest BCUT2D eigenvalue weighted by atomic mass is 9.46. The molecule has 1 saturated heterocycles. The van der Waals surface area contributed by atoms with Crippen molar-refractivity contribution in [3.05, 3.63) is 24.2 Å². The van der Waals surface area contributed by atoms with Gasteiger partial charge in [-0.15, -0.1) is 0 Å². The van der Waals surface area contributed by atoms with Crippen molar-refractivity contribution < 1.29 is 14.3 Å². The van der Waals surface area contributed by atoms with Gasteiger partial charge in [0.2, 0.25) is 0 Å². The Morgan fingerprint density at radius 1 is 1.47 bits per heavy atom. The minimum atomic E-state index is -0.548. The lowest BCUT2D eigenvalue weighted by Crippen LogP contribution is -2.71. The molecule has 4 heteroatoms. The minimum absolute atomic E-state index is 0.379. The molecule has 0 aromatic carbocycles. The van der Waals surface area contributed by atoms with E-state index >= 15 is 0 Å². The molecule has 19 heavy (non-hydrogen) atoms. The van der Waals surface area contributed by atoms with Crippen molar-refractivity contribution in [3.63, 3.8) is 0 Å². The zero-order valence-corrected chi connectivity index (χ0v) is 11.0. The van der Waals surface area contributed by atoms with Gasteiger partial charge in [0.25, 0.3) is 0 Å². The maximum absolute atomic E-state index is 10.1. The molecule has 4 rings (SSSR count). The Labute approximate surface area is 113 Å². The van der Waals surface area contributed by atoms with Gasteiger partial charge in [0, 0.05) is 30.5 Å². The van der Waals surface area contributed by atoms with Gasteiger partial charge in [0.15, 0.2) is 0 Å². The summed E-state index contributed by atoms with van der Waals surface area (Å²) >= 11 is 0. The van der Waals surface area contributed by atoms with Crippen LogP contribution in [0.3, 0.4) is 0 Å². The zero-order valence-electron chi connectivity index (χ0n) is 11.0. The molecule has 3 fully saturated rings. The third kappa shape index (κ3) is 1.63. The quantitative estimate of drug-likeness (QED) is 0.870. The normalized spacial score (nSPS) is 36.6. The van der Waals surface area contributed by atoms with E-state index in [2.05, 4.69) is 5.32 Å². The van der Waals surface area contributed by atoms with E-state index in [9.17, 15) is 5.11 Å². The van der Waals surface area contributed by atoms with Gasteiger partial charge in [0.05, 0.1) is 12.4 Å². The fraction of sp³-hybridized carbons (Fsp3) is 0.733. The maximum atomic E-state index is 10.1. The highest BCUT2D eigenvalue weighted by Crippen LogP contribution is 2.62. The minimum Gasteiger partial charge on any atom is -0.467 e. The van der Waals surface area contributed by atoms with Crippen LogP contribution in [0.5, 0.6) is 0 Å². The number of furan rings is 1. The number of nitrogens with one attached hydrogen (secondary N) is 1. The first kappa shape index (κ1) is 11.9. The molecule has 2 aliphatic carbocycles. The number of hydrogen-bond acceptors (Lipinski definition) is 4. The molecule has 1 aliphatic heterocycles. The summed E-state index contributed by atoms with van der Waals surface area (Å²) < 4.78 is 11.1. The van der Waals surface area contributed by atoms with Crippen LogP contribution in [0.15, 0.2) is 22.8 Å². The summed E-state index contributed by atoms with van der Waals surface area (Å²) in [7, 11) is 0. The Morgan fingerprint density at radius 3 is 3.05 bits per heavy atom. The second-order valence-electron chi connectivity index (χ2n) is 6.25. The summed E-state index contributed by atoms with van der Waals surface area (Å²) in [5.41, 5.74) is 0.379. The Bertz CT molecular complexity index is 440. The Morgan fingerprint density at radius 2 is 2.37 bits per heavy atom. The van der Waals surface area contributed by atoms with Crippen LogP contribution in [-0.2, 0) is 4.74 Å². The Balaban J connectivity index is 1.40.